The van der Waals surface area contributed by atoms with Crippen LogP contribution in [-0.2, 0) is 0 Å². The third-order valence-corrected chi connectivity index (χ3v) is 3.97. The predicted octanol–water partition coefficient (Wildman–Crippen LogP) is 3.53. The van der Waals surface area contributed by atoms with Gasteiger partial charge >= 0.3 is 0 Å². The molecular formula is C16H23Cl2N3. The van der Waals surface area contributed by atoms with E-state index in [1.807, 2.05) is 12.3 Å². The normalized spacial score (nSPS) is 16.8. The van der Waals surface area contributed by atoms with Crippen molar-refractivity contribution in [3.63, 3.8) is 0 Å². The van der Waals surface area contributed by atoms with Gasteiger partial charge in [-0.2, -0.15) is 0 Å². The highest BCUT2D eigenvalue weighted by Gasteiger charge is 2.22. The number of nitrogens with zero attached hydrogens (tertiary/aromatic N) is 1. The molecule has 1 aliphatic rings. The van der Waals surface area contributed by atoms with Crippen molar-refractivity contribution in [2.24, 2.45) is 0 Å². The van der Waals surface area contributed by atoms with E-state index in [9.17, 15) is 0 Å². The van der Waals surface area contributed by atoms with E-state index in [1.165, 1.54) is 16.5 Å². The van der Waals surface area contributed by atoms with Gasteiger partial charge in [-0.1, -0.05) is 18.2 Å². The van der Waals surface area contributed by atoms with Crippen molar-refractivity contribution >= 4 is 35.7 Å². The van der Waals surface area contributed by atoms with Gasteiger partial charge in [0.05, 0.1) is 0 Å². The third-order valence-electron chi connectivity index (χ3n) is 3.97. The maximum absolute atomic E-state index is 3.94. The highest BCUT2D eigenvalue weighted by atomic mass is 35.5. The number of nitrogens with one attached hydrogen (secondary N) is 2. The summed E-state index contributed by atoms with van der Waals surface area (Å²) in [5, 5.41) is 4.76. The fourth-order valence-electron chi connectivity index (χ4n) is 3.02. The van der Waals surface area contributed by atoms with Crippen LogP contribution in [0.4, 0.5) is 0 Å². The summed E-state index contributed by atoms with van der Waals surface area (Å²) in [5.74, 6) is 0. The number of fused-ring (bicyclic) bond motifs is 1. The lowest BCUT2D eigenvalue weighted by Gasteiger charge is -2.35. The number of halogens is 2. The molecule has 0 bridgehead atoms. The Bertz CT molecular complexity index is 561. The summed E-state index contributed by atoms with van der Waals surface area (Å²) >= 11 is 0. The molecular weight excluding hydrogens is 305 g/mol. The molecule has 0 amide bonds. The van der Waals surface area contributed by atoms with Gasteiger partial charge < -0.3 is 10.3 Å². The molecule has 1 saturated heterocycles. The molecule has 0 unspecified atom stereocenters. The lowest BCUT2D eigenvalue weighted by Crippen LogP contribution is -2.45. The zero-order chi connectivity index (χ0) is 13.1. The summed E-state index contributed by atoms with van der Waals surface area (Å²) in [6, 6.07) is 9.17. The minimum atomic E-state index is 0. The Hall–Kier alpha value is -1.00. The Morgan fingerprint density at radius 3 is 2.67 bits per heavy atom. The van der Waals surface area contributed by atoms with Crippen LogP contribution in [0.15, 0.2) is 43.1 Å². The van der Waals surface area contributed by atoms with Gasteiger partial charge in [-0.05, 0) is 24.1 Å². The molecule has 1 atom stereocenters. The maximum Gasteiger partial charge on any atom is 0.0457 e. The molecule has 1 aromatic heterocycles. The second-order valence-corrected chi connectivity index (χ2v) is 5.11. The number of aromatic amines is 1. The van der Waals surface area contributed by atoms with Crippen LogP contribution in [0.5, 0.6) is 0 Å². The van der Waals surface area contributed by atoms with Gasteiger partial charge in [-0.15, -0.1) is 31.4 Å². The van der Waals surface area contributed by atoms with Crippen molar-refractivity contribution in [3.05, 3.63) is 48.7 Å². The summed E-state index contributed by atoms with van der Waals surface area (Å²) in [4.78, 5) is 5.87. The van der Waals surface area contributed by atoms with Crippen LogP contribution in [0.1, 0.15) is 18.0 Å². The van der Waals surface area contributed by atoms with Gasteiger partial charge in [0.15, 0.2) is 0 Å². The average molecular weight is 328 g/mol. The molecule has 3 nitrogen and oxygen atoms in total. The van der Waals surface area contributed by atoms with Gasteiger partial charge in [0.2, 0.25) is 0 Å². The molecule has 2 heterocycles. The summed E-state index contributed by atoms with van der Waals surface area (Å²) in [6.07, 6.45) is 5.07. The molecule has 0 aliphatic carbocycles. The van der Waals surface area contributed by atoms with Crippen LogP contribution >= 0.6 is 24.8 Å². The fourth-order valence-corrected chi connectivity index (χ4v) is 3.02. The zero-order valence-electron chi connectivity index (χ0n) is 12.0. The zero-order valence-corrected chi connectivity index (χ0v) is 13.7. The van der Waals surface area contributed by atoms with Crippen LogP contribution in [0.2, 0.25) is 0 Å². The van der Waals surface area contributed by atoms with Gasteiger partial charge in [0.25, 0.3) is 0 Å². The number of H-pyrrole nitrogens is 1. The second-order valence-electron chi connectivity index (χ2n) is 5.11. The first-order valence-corrected chi connectivity index (χ1v) is 7.02. The van der Waals surface area contributed by atoms with E-state index in [0.717, 1.165) is 32.6 Å². The van der Waals surface area contributed by atoms with E-state index in [2.05, 4.69) is 46.0 Å². The molecule has 116 valence electrons. The Morgan fingerprint density at radius 1 is 1.19 bits per heavy atom. The molecule has 2 aromatic rings. The third kappa shape index (κ3) is 3.80. The molecule has 1 fully saturated rings. The molecule has 1 aromatic carbocycles. The molecule has 0 saturated carbocycles. The highest BCUT2D eigenvalue weighted by Crippen LogP contribution is 2.30. The first-order chi connectivity index (χ1) is 9.40. The Balaban J connectivity index is 0.00000110. The van der Waals surface area contributed by atoms with Crippen molar-refractivity contribution in [3.8, 4) is 0 Å². The molecule has 0 radical (unpaired) electrons. The average Bonchev–Trinajstić information content (AvgIpc) is 2.94. The van der Waals surface area contributed by atoms with Crippen molar-refractivity contribution < 1.29 is 0 Å². The smallest absolute Gasteiger partial charge is 0.0457 e. The number of rotatable bonds is 4. The lowest BCUT2D eigenvalue weighted by molar-refractivity contribution is 0.175. The molecule has 5 heteroatoms. The van der Waals surface area contributed by atoms with Gasteiger partial charge in [-0.25, -0.2) is 0 Å². The minimum Gasteiger partial charge on any atom is -0.361 e. The van der Waals surface area contributed by atoms with Crippen LogP contribution < -0.4 is 5.32 Å². The SMILES string of the molecule is C=CC[C@@H](c1cccc2[nH]ccc12)N1CCNCC1.Cl.Cl. The predicted molar refractivity (Wildman–Crippen MR) is 94.8 cm³/mol. The van der Waals surface area contributed by atoms with E-state index in [-0.39, 0.29) is 24.8 Å². The first-order valence-electron chi connectivity index (χ1n) is 7.02. The number of hydrogen-bond acceptors (Lipinski definition) is 2. The van der Waals surface area contributed by atoms with E-state index < -0.39 is 0 Å². The standard InChI is InChI=1S/C16H21N3.2ClH/c1-2-4-16(19-11-9-17-10-12-19)14-5-3-6-15-13(14)7-8-18-15;;/h2-3,5-8,16-18H,1,4,9-12H2;2*1H/t16-;;/m0../s1. The van der Waals surface area contributed by atoms with E-state index in [1.54, 1.807) is 0 Å². The number of hydrogen-bond donors (Lipinski definition) is 2. The van der Waals surface area contributed by atoms with Crippen LogP contribution in [0, 0.1) is 0 Å². The fraction of sp³-hybridized carbons (Fsp3) is 0.375. The summed E-state index contributed by atoms with van der Waals surface area (Å²) < 4.78 is 0. The summed E-state index contributed by atoms with van der Waals surface area (Å²) in [6.45, 7) is 8.32. The number of benzene rings is 1. The van der Waals surface area contributed by atoms with Gasteiger partial charge in [0.1, 0.15) is 0 Å². The number of aromatic nitrogens is 1. The minimum absolute atomic E-state index is 0. The lowest BCUT2D eigenvalue weighted by atomic mass is 9.97. The Labute approximate surface area is 138 Å². The van der Waals surface area contributed by atoms with Crippen LogP contribution in [0.3, 0.4) is 0 Å². The van der Waals surface area contributed by atoms with Crippen LogP contribution in [0.25, 0.3) is 10.9 Å². The second kappa shape index (κ2) is 8.44. The topological polar surface area (TPSA) is 31.1 Å². The van der Waals surface area contributed by atoms with Crippen molar-refractivity contribution in [2.45, 2.75) is 12.5 Å². The number of piperazine rings is 1. The highest BCUT2D eigenvalue weighted by molar-refractivity contribution is 5.85. The summed E-state index contributed by atoms with van der Waals surface area (Å²) in [7, 11) is 0. The first kappa shape index (κ1) is 18.1. The molecule has 1 aliphatic heterocycles. The van der Waals surface area contributed by atoms with Crippen molar-refractivity contribution in [1.29, 1.82) is 0 Å². The van der Waals surface area contributed by atoms with Gasteiger partial charge in [0, 0.05) is 49.3 Å². The van der Waals surface area contributed by atoms with Gasteiger partial charge in [-0.3, -0.25) is 4.90 Å². The molecule has 21 heavy (non-hydrogen) atoms. The molecule has 0 spiro atoms. The van der Waals surface area contributed by atoms with E-state index >= 15 is 0 Å². The van der Waals surface area contributed by atoms with E-state index in [0.29, 0.717) is 6.04 Å². The van der Waals surface area contributed by atoms with Crippen molar-refractivity contribution in [2.75, 3.05) is 26.2 Å². The molecule has 3 rings (SSSR count). The summed E-state index contributed by atoms with van der Waals surface area (Å²) in [5.41, 5.74) is 2.64. The largest absolute Gasteiger partial charge is 0.361 e. The Kier molecular flexibility index (Phi) is 7.26. The molecule has 2 N–H and O–H groups in total. The maximum atomic E-state index is 3.94. The van der Waals surface area contributed by atoms with E-state index in [4.69, 9.17) is 0 Å². The quantitative estimate of drug-likeness (QED) is 0.841. The van der Waals surface area contributed by atoms with Crippen LogP contribution in [-0.4, -0.2) is 36.1 Å². The monoisotopic (exact) mass is 327 g/mol. The van der Waals surface area contributed by atoms with Crippen molar-refractivity contribution in [1.82, 2.24) is 15.2 Å². The Morgan fingerprint density at radius 2 is 1.95 bits per heavy atom.